The van der Waals surface area contributed by atoms with Crippen LogP contribution < -0.4 is 10.6 Å². The summed E-state index contributed by atoms with van der Waals surface area (Å²) in [5.41, 5.74) is 1.86. The van der Waals surface area contributed by atoms with Crippen LogP contribution >= 0.6 is 0 Å². The highest BCUT2D eigenvalue weighted by atomic mass is 16.6. The van der Waals surface area contributed by atoms with Gasteiger partial charge in [0.2, 0.25) is 11.8 Å². The molecule has 2 fully saturated rings. The first-order chi connectivity index (χ1) is 17.1. The molecule has 36 heavy (non-hydrogen) atoms. The third-order valence-electron chi connectivity index (χ3n) is 6.67. The number of carbonyl (C=O) groups is 4. The molecule has 1 unspecified atom stereocenters. The molecule has 196 valence electrons. The number of fused-ring (bicyclic) bond motifs is 1. The van der Waals surface area contributed by atoms with Gasteiger partial charge in [-0.3, -0.25) is 19.7 Å². The normalized spacial score (nSPS) is 20.9. The molecule has 0 saturated carbocycles. The molecule has 1 aromatic rings. The Bertz CT molecular complexity index is 1010. The van der Waals surface area contributed by atoms with Gasteiger partial charge in [0.05, 0.1) is 6.10 Å². The van der Waals surface area contributed by atoms with Crippen LogP contribution in [0.25, 0.3) is 0 Å². The molecule has 4 rings (SSSR count). The van der Waals surface area contributed by atoms with E-state index in [1.807, 2.05) is 32.9 Å². The molecular formula is C26H36N4O6. The van der Waals surface area contributed by atoms with E-state index in [9.17, 15) is 19.2 Å². The summed E-state index contributed by atoms with van der Waals surface area (Å²) < 4.78 is 11.5. The van der Waals surface area contributed by atoms with Crippen molar-refractivity contribution >= 4 is 29.5 Å². The lowest BCUT2D eigenvalue weighted by Crippen LogP contribution is -2.52. The smallest absolute Gasteiger partial charge is 0.410 e. The average molecular weight is 501 g/mol. The van der Waals surface area contributed by atoms with Crippen molar-refractivity contribution in [3.8, 4) is 0 Å². The van der Waals surface area contributed by atoms with Gasteiger partial charge >= 0.3 is 6.09 Å². The lowest BCUT2D eigenvalue weighted by molar-refractivity contribution is -0.136. The summed E-state index contributed by atoms with van der Waals surface area (Å²) in [5, 5.41) is 5.74. The van der Waals surface area contributed by atoms with E-state index in [4.69, 9.17) is 9.47 Å². The zero-order chi connectivity index (χ0) is 25.9. The molecular weight excluding hydrogens is 464 g/mol. The van der Waals surface area contributed by atoms with Crippen molar-refractivity contribution in [2.45, 2.75) is 77.2 Å². The minimum atomic E-state index is -0.620. The summed E-state index contributed by atoms with van der Waals surface area (Å²) in [6.07, 6.45) is 2.82. The van der Waals surface area contributed by atoms with E-state index < -0.39 is 17.6 Å². The number of rotatable bonds is 7. The Morgan fingerprint density at radius 3 is 2.58 bits per heavy atom. The third kappa shape index (κ3) is 6.16. The summed E-state index contributed by atoms with van der Waals surface area (Å²) in [6.45, 7) is 8.48. The number of hydrogen-bond donors (Lipinski definition) is 2. The van der Waals surface area contributed by atoms with Crippen LogP contribution in [-0.2, 0) is 25.6 Å². The summed E-state index contributed by atoms with van der Waals surface area (Å²) in [6, 6.07) is 4.93. The standard InChI is InChI=1S/C26H36N4O6/c1-26(2,3)36-25(34)29-13-10-17(11-14-29)35-15-5-12-27-20-7-4-6-18-19(20)16-30(24(18)33)21-8-9-22(31)28-23(21)32/h4,6-7,17,21,27H,5,8-16H2,1-3H3,(H,28,31,32). The Hall–Kier alpha value is -3.14. The fraction of sp³-hybridized carbons (Fsp3) is 0.615. The van der Waals surface area contributed by atoms with E-state index in [1.165, 1.54) is 0 Å². The molecule has 4 amide bonds. The number of likely N-dealkylation sites (tertiary alicyclic amines) is 1. The Kier molecular flexibility index (Phi) is 7.82. The van der Waals surface area contributed by atoms with E-state index in [0.29, 0.717) is 44.8 Å². The molecule has 3 aliphatic heterocycles. The van der Waals surface area contributed by atoms with E-state index in [0.717, 1.165) is 30.5 Å². The van der Waals surface area contributed by atoms with Crippen molar-refractivity contribution in [1.82, 2.24) is 15.1 Å². The molecule has 0 radical (unpaired) electrons. The second-order valence-corrected chi connectivity index (χ2v) is 10.5. The summed E-state index contributed by atoms with van der Waals surface area (Å²) in [4.78, 5) is 52.2. The van der Waals surface area contributed by atoms with Gasteiger partial charge in [-0.05, 0) is 58.6 Å². The maximum absolute atomic E-state index is 12.9. The van der Waals surface area contributed by atoms with Crippen molar-refractivity contribution < 1.29 is 28.7 Å². The van der Waals surface area contributed by atoms with Crippen molar-refractivity contribution in [2.75, 3.05) is 31.6 Å². The molecule has 10 nitrogen and oxygen atoms in total. The van der Waals surface area contributed by atoms with Crippen LogP contribution in [0.1, 0.15) is 68.8 Å². The topological polar surface area (TPSA) is 117 Å². The number of amides is 4. The van der Waals surface area contributed by atoms with E-state index >= 15 is 0 Å². The highest BCUT2D eigenvalue weighted by Gasteiger charge is 2.39. The van der Waals surface area contributed by atoms with Crippen molar-refractivity contribution in [3.05, 3.63) is 29.3 Å². The summed E-state index contributed by atoms with van der Waals surface area (Å²) in [7, 11) is 0. The highest BCUT2D eigenvalue weighted by molar-refractivity contribution is 6.06. The Balaban J connectivity index is 1.20. The van der Waals surface area contributed by atoms with Crippen LogP contribution in [0.4, 0.5) is 10.5 Å². The van der Waals surface area contributed by atoms with Crippen LogP contribution in [0.3, 0.4) is 0 Å². The van der Waals surface area contributed by atoms with Crippen molar-refractivity contribution in [1.29, 1.82) is 0 Å². The first kappa shape index (κ1) is 25.9. The lowest BCUT2D eigenvalue weighted by atomic mass is 10.0. The molecule has 2 saturated heterocycles. The predicted molar refractivity (Wildman–Crippen MR) is 132 cm³/mol. The Morgan fingerprint density at radius 2 is 1.89 bits per heavy atom. The third-order valence-corrected chi connectivity index (χ3v) is 6.67. The minimum Gasteiger partial charge on any atom is -0.444 e. The van der Waals surface area contributed by atoms with E-state index in [1.54, 1.807) is 15.9 Å². The molecule has 10 heteroatoms. The number of hydrogen-bond acceptors (Lipinski definition) is 7. The van der Waals surface area contributed by atoms with Gasteiger partial charge in [0, 0.05) is 56.0 Å². The highest BCUT2D eigenvalue weighted by Crippen LogP contribution is 2.32. The van der Waals surface area contributed by atoms with Gasteiger partial charge in [0.25, 0.3) is 5.91 Å². The number of nitrogens with one attached hydrogen (secondary N) is 2. The molecule has 1 aromatic carbocycles. The fourth-order valence-electron chi connectivity index (χ4n) is 4.83. The van der Waals surface area contributed by atoms with Crippen molar-refractivity contribution in [2.24, 2.45) is 0 Å². The molecule has 3 aliphatic rings. The van der Waals surface area contributed by atoms with Gasteiger partial charge < -0.3 is 24.6 Å². The van der Waals surface area contributed by atoms with E-state index in [-0.39, 0.29) is 30.4 Å². The second-order valence-electron chi connectivity index (χ2n) is 10.5. The SMILES string of the molecule is CC(C)(C)OC(=O)N1CCC(OCCCNc2cccc3c2CN(C2CCC(=O)NC2=O)C3=O)CC1. The number of anilines is 1. The number of nitrogens with zero attached hydrogens (tertiary/aromatic N) is 2. The van der Waals surface area contributed by atoms with Gasteiger partial charge in [0.15, 0.2) is 0 Å². The largest absolute Gasteiger partial charge is 0.444 e. The maximum Gasteiger partial charge on any atom is 0.410 e. The maximum atomic E-state index is 12.9. The second kappa shape index (κ2) is 10.9. The predicted octanol–water partition coefficient (Wildman–Crippen LogP) is 2.67. The van der Waals surface area contributed by atoms with Crippen molar-refractivity contribution in [3.63, 3.8) is 0 Å². The summed E-state index contributed by atoms with van der Waals surface area (Å²) in [5.74, 6) is -0.876. The number of benzene rings is 1. The number of piperidine rings is 2. The van der Waals surface area contributed by atoms with E-state index in [2.05, 4.69) is 10.6 Å². The quantitative estimate of drug-likeness (QED) is 0.437. The van der Waals surface area contributed by atoms with Crippen LogP contribution in [0.15, 0.2) is 18.2 Å². The molecule has 0 bridgehead atoms. The van der Waals surface area contributed by atoms with Crippen LogP contribution in [0, 0.1) is 0 Å². The van der Waals surface area contributed by atoms with Gasteiger partial charge in [-0.1, -0.05) is 6.07 Å². The number of ether oxygens (including phenoxy) is 2. The van der Waals surface area contributed by atoms with Gasteiger partial charge in [-0.15, -0.1) is 0 Å². The zero-order valence-electron chi connectivity index (χ0n) is 21.3. The van der Waals surface area contributed by atoms with Crippen LogP contribution in [0.5, 0.6) is 0 Å². The molecule has 0 aromatic heterocycles. The first-order valence-corrected chi connectivity index (χ1v) is 12.7. The minimum absolute atomic E-state index is 0.129. The first-order valence-electron chi connectivity index (χ1n) is 12.7. The monoisotopic (exact) mass is 500 g/mol. The average Bonchev–Trinajstić information content (AvgIpc) is 3.15. The Morgan fingerprint density at radius 1 is 1.14 bits per heavy atom. The summed E-state index contributed by atoms with van der Waals surface area (Å²) >= 11 is 0. The Labute approximate surface area is 211 Å². The van der Waals surface area contributed by atoms with Gasteiger partial charge in [-0.2, -0.15) is 0 Å². The molecule has 0 spiro atoms. The molecule has 0 aliphatic carbocycles. The lowest BCUT2D eigenvalue weighted by Gasteiger charge is -2.33. The number of imide groups is 1. The van der Waals surface area contributed by atoms with Crippen LogP contribution in [0.2, 0.25) is 0 Å². The molecule has 3 heterocycles. The molecule has 2 N–H and O–H groups in total. The fourth-order valence-corrected chi connectivity index (χ4v) is 4.83. The molecule has 1 atom stereocenters. The van der Waals surface area contributed by atoms with Gasteiger partial charge in [-0.25, -0.2) is 4.79 Å². The van der Waals surface area contributed by atoms with Gasteiger partial charge in [0.1, 0.15) is 11.6 Å². The zero-order valence-corrected chi connectivity index (χ0v) is 21.3. The van der Waals surface area contributed by atoms with Crippen LogP contribution in [-0.4, -0.2) is 77.6 Å². The number of carbonyl (C=O) groups excluding carboxylic acids is 4.